The molecule has 0 heterocycles. The molecule has 0 saturated carbocycles. The van der Waals surface area contributed by atoms with Crippen molar-refractivity contribution in [1.29, 1.82) is 0 Å². The molecule has 0 aliphatic carbocycles. The molecule has 0 bridgehead atoms. The van der Waals surface area contributed by atoms with Gasteiger partial charge in [0.25, 0.3) is 10.0 Å². The molecule has 0 spiro atoms. The van der Waals surface area contributed by atoms with Crippen LogP contribution in [0.2, 0.25) is 5.02 Å². The van der Waals surface area contributed by atoms with Gasteiger partial charge in [-0.05, 0) is 68.4 Å². The number of anilines is 1. The van der Waals surface area contributed by atoms with Gasteiger partial charge >= 0.3 is 0 Å². The highest BCUT2D eigenvalue weighted by Crippen LogP contribution is 2.29. The van der Waals surface area contributed by atoms with Gasteiger partial charge in [0.2, 0.25) is 0 Å². The van der Waals surface area contributed by atoms with Crippen molar-refractivity contribution in [2.24, 2.45) is 0 Å². The summed E-state index contributed by atoms with van der Waals surface area (Å²) in [6, 6.07) is 19.4. The Balaban J connectivity index is 1.92. The van der Waals surface area contributed by atoms with Gasteiger partial charge in [-0.25, -0.2) is 12.6 Å². The molecule has 0 aliphatic rings. The summed E-state index contributed by atoms with van der Waals surface area (Å²) in [6.07, 6.45) is -0.0137. The molecule has 1 atom stereocenters. The predicted octanol–water partition coefficient (Wildman–Crippen LogP) is 5.09. The summed E-state index contributed by atoms with van der Waals surface area (Å²) in [5.74, 6) is 0.580. The molecule has 0 aliphatic heterocycles. The molecule has 1 unspecified atom stereocenters. The van der Waals surface area contributed by atoms with Crippen LogP contribution in [-0.2, 0) is 20.8 Å². The highest BCUT2D eigenvalue weighted by molar-refractivity contribution is 7.92. The standard InChI is InChI=1S/C21H20ClNO4S2/c1-15(2)27-17-9-11-19(12-10-17)29(25,26)23-20-13-8-16(22)14-21(20)28(24)18-6-4-3-5-7-18/h3-15,23H,1-2H3. The SMILES string of the molecule is CC(C)Oc1ccc(S(=O)(=O)Nc2ccc(Cl)cc2S(=O)c2ccccc2)cc1. The van der Waals surface area contributed by atoms with Crippen LogP contribution in [0, 0.1) is 0 Å². The number of hydrogen-bond acceptors (Lipinski definition) is 4. The molecule has 3 aromatic rings. The first kappa shape index (κ1) is 21.4. The Bertz CT molecular complexity index is 1120. The molecule has 0 aromatic heterocycles. The molecular formula is C21H20ClNO4S2. The average Bonchev–Trinajstić information content (AvgIpc) is 2.69. The number of sulfonamides is 1. The van der Waals surface area contributed by atoms with Gasteiger partial charge in [0.1, 0.15) is 5.75 Å². The van der Waals surface area contributed by atoms with Crippen molar-refractivity contribution in [1.82, 2.24) is 0 Å². The lowest BCUT2D eigenvalue weighted by Gasteiger charge is -2.14. The summed E-state index contributed by atoms with van der Waals surface area (Å²) in [7, 11) is -5.49. The van der Waals surface area contributed by atoms with Crippen molar-refractivity contribution in [3.8, 4) is 5.75 Å². The van der Waals surface area contributed by atoms with Crippen molar-refractivity contribution >= 4 is 38.1 Å². The summed E-state index contributed by atoms with van der Waals surface area (Å²) in [4.78, 5) is 0.900. The second-order valence-corrected chi connectivity index (χ2v) is 10.0. The molecule has 0 fully saturated rings. The summed E-state index contributed by atoms with van der Waals surface area (Å²) < 4.78 is 46.7. The minimum Gasteiger partial charge on any atom is -0.491 e. The summed E-state index contributed by atoms with van der Waals surface area (Å²) in [5.41, 5.74) is 0.207. The van der Waals surface area contributed by atoms with Crippen molar-refractivity contribution in [2.45, 2.75) is 34.6 Å². The quantitative estimate of drug-likeness (QED) is 0.545. The zero-order chi connectivity index (χ0) is 21.0. The maximum Gasteiger partial charge on any atom is 0.261 e. The number of halogens is 1. The molecule has 0 radical (unpaired) electrons. The van der Waals surface area contributed by atoms with E-state index in [-0.39, 0.29) is 21.6 Å². The molecule has 152 valence electrons. The molecular weight excluding hydrogens is 430 g/mol. The van der Waals surface area contributed by atoms with E-state index < -0.39 is 20.8 Å². The highest BCUT2D eigenvalue weighted by atomic mass is 35.5. The van der Waals surface area contributed by atoms with Gasteiger partial charge in [0, 0.05) is 9.92 Å². The van der Waals surface area contributed by atoms with E-state index in [0.717, 1.165) is 0 Å². The van der Waals surface area contributed by atoms with Crippen molar-refractivity contribution < 1.29 is 17.4 Å². The molecule has 0 saturated heterocycles. The van der Waals surface area contributed by atoms with Crippen LogP contribution in [0.3, 0.4) is 0 Å². The molecule has 5 nitrogen and oxygen atoms in total. The van der Waals surface area contributed by atoms with E-state index in [1.165, 1.54) is 24.3 Å². The number of nitrogens with one attached hydrogen (secondary N) is 1. The van der Waals surface area contributed by atoms with Gasteiger partial charge in [-0.3, -0.25) is 4.72 Å². The fourth-order valence-corrected chi connectivity index (χ4v) is 5.17. The third-order valence-electron chi connectivity index (χ3n) is 3.85. The lowest BCUT2D eigenvalue weighted by molar-refractivity contribution is 0.242. The monoisotopic (exact) mass is 449 g/mol. The van der Waals surface area contributed by atoms with Crippen molar-refractivity contribution in [3.05, 3.63) is 77.8 Å². The minimum atomic E-state index is -3.89. The third kappa shape index (κ3) is 5.38. The number of rotatable bonds is 7. The van der Waals surface area contributed by atoms with Crippen LogP contribution >= 0.6 is 11.6 Å². The lowest BCUT2D eigenvalue weighted by atomic mass is 10.3. The van der Waals surface area contributed by atoms with E-state index in [1.54, 1.807) is 42.5 Å². The molecule has 3 aromatic carbocycles. The lowest BCUT2D eigenvalue weighted by Crippen LogP contribution is -2.15. The second-order valence-electron chi connectivity index (χ2n) is 6.47. The van der Waals surface area contributed by atoms with E-state index in [0.29, 0.717) is 15.7 Å². The molecule has 0 amide bonds. The normalized spacial score (nSPS) is 12.6. The molecule has 1 N–H and O–H groups in total. The van der Waals surface area contributed by atoms with Gasteiger partial charge in [-0.2, -0.15) is 0 Å². The maximum atomic E-state index is 13.0. The fourth-order valence-electron chi connectivity index (χ4n) is 2.58. The van der Waals surface area contributed by atoms with E-state index in [4.69, 9.17) is 16.3 Å². The Hall–Kier alpha value is -2.35. The van der Waals surface area contributed by atoms with E-state index in [1.807, 2.05) is 19.9 Å². The zero-order valence-corrected chi connectivity index (χ0v) is 18.2. The van der Waals surface area contributed by atoms with Crippen LogP contribution in [0.4, 0.5) is 5.69 Å². The van der Waals surface area contributed by atoms with Gasteiger partial charge in [0.05, 0.1) is 32.4 Å². The van der Waals surface area contributed by atoms with Crippen LogP contribution in [0.1, 0.15) is 13.8 Å². The first-order chi connectivity index (χ1) is 13.8. The highest BCUT2D eigenvalue weighted by Gasteiger charge is 2.20. The first-order valence-electron chi connectivity index (χ1n) is 8.82. The summed E-state index contributed by atoms with van der Waals surface area (Å²) in [6.45, 7) is 3.78. The van der Waals surface area contributed by atoms with Crippen LogP contribution in [-0.4, -0.2) is 18.7 Å². The number of benzene rings is 3. The van der Waals surface area contributed by atoms with Gasteiger partial charge in [-0.15, -0.1) is 0 Å². The number of hydrogen-bond donors (Lipinski definition) is 1. The van der Waals surface area contributed by atoms with Gasteiger partial charge in [0.15, 0.2) is 0 Å². The fraction of sp³-hybridized carbons (Fsp3) is 0.143. The van der Waals surface area contributed by atoms with Crippen LogP contribution in [0.15, 0.2) is 87.5 Å². The molecule has 8 heteroatoms. The van der Waals surface area contributed by atoms with E-state index in [9.17, 15) is 12.6 Å². The van der Waals surface area contributed by atoms with Gasteiger partial charge in [-0.1, -0.05) is 29.8 Å². The molecule has 29 heavy (non-hydrogen) atoms. The van der Waals surface area contributed by atoms with Crippen LogP contribution in [0.5, 0.6) is 5.75 Å². The van der Waals surface area contributed by atoms with Crippen molar-refractivity contribution in [2.75, 3.05) is 4.72 Å². The van der Waals surface area contributed by atoms with Crippen LogP contribution in [0.25, 0.3) is 0 Å². The Morgan fingerprint density at radius 1 is 0.966 bits per heavy atom. The second kappa shape index (κ2) is 8.98. The Kier molecular flexibility index (Phi) is 6.62. The molecule has 3 rings (SSSR count). The Morgan fingerprint density at radius 3 is 2.24 bits per heavy atom. The predicted molar refractivity (Wildman–Crippen MR) is 116 cm³/mol. The van der Waals surface area contributed by atoms with E-state index >= 15 is 0 Å². The van der Waals surface area contributed by atoms with Crippen molar-refractivity contribution in [3.63, 3.8) is 0 Å². The smallest absolute Gasteiger partial charge is 0.261 e. The van der Waals surface area contributed by atoms with Gasteiger partial charge < -0.3 is 4.74 Å². The summed E-state index contributed by atoms with van der Waals surface area (Å²) in [5, 5.41) is 0.363. The Labute approximate surface area is 178 Å². The number of ether oxygens (including phenoxy) is 1. The summed E-state index contributed by atoms with van der Waals surface area (Å²) >= 11 is 6.07. The maximum absolute atomic E-state index is 13.0. The Morgan fingerprint density at radius 2 is 1.62 bits per heavy atom. The third-order valence-corrected chi connectivity index (χ3v) is 6.90. The minimum absolute atomic E-state index is 0.0137. The topological polar surface area (TPSA) is 72.5 Å². The zero-order valence-electron chi connectivity index (χ0n) is 15.8. The van der Waals surface area contributed by atoms with E-state index in [2.05, 4.69) is 4.72 Å². The first-order valence-corrected chi connectivity index (χ1v) is 11.8. The van der Waals surface area contributed by atoms with Crippen LogP contribution < -0.4 is 9.46 Å². The average molecular weight is 450 g/mol. The largest absolute Gasteiger partial charge is 0.491 e.